The summed E-state index contributed by atoms with van der Waals surface area (Å²) in [6, 6.07) is 0. The Kier molecular flexibility index (Phi) is 16.3. The van der Waals surface area contributed by atoms with Crippen LogP contribution in [-0.2, 0) is 37.0 Å². The molecule has 7 unspecified atom stereocenters. The molecular weight excluding hydrogens is 625 g/mol. The summed E-state index contributed by atoms with van der Waals surface area (Å²) in [4.78, 5) is 0. The largest absolute Gasteiger partial charge is 0.504 e. The molecular formula is C32H68O8Si4. The zero-order valence-corrected chi connectivity index (χ0v) is 35.4. The number of rotatable bonds is 19. The van der Waals surface area contributed by atoms with E-state index in [0.717, 1.165) is 109 Å². The van der Waals surface area contributed by atoms with Crippen LogP contribution in [0.5, 0.6) is 0 Å². The molecule has 0 spiro atoms. The summed E-state index contributed by atoms with van der Waals surface area (Å²) in [5.74, 6) is 0.235. The normalized spacial score (nSPS) is 33.5. The van der Waals surface area contributed by atoms with Crippen molar-refractivity contribution in [2.45, 2.75) is 145 Å². The van der Waals surface area contributed by atoms with Crippen molar-refractivity contribution in [3.63, 3.8) is 0 Å². The molecule has 4 rings (SSSR count). The van der Waals surface area contributed by atoms with Gasteiger partial charge in [0.25, 0.3) is 0 Å². The molecule has 0 radical (unpaired) electrons. The standard InChI is InChI=1S/C31H64O8Si4.CH4/c1-4-37-43(38-5-2,39-6-3)26(22-30(41)15-8-11-19-35-30)21-27(31(42)16-9-12-20-36-31)28(33-24-25-23-32-25)13-17-29(40)14-7-10-18-34-29;/h25-28H,4-24H2,1-3,40-42H3;1H4. The average molecular weight is 693 g/mol. The molecule has 7 atom stereocenters. The topological polar surface area (TPSA) is 77.1 Å². The van der Waals surface area contributed by atoms with Crippen LogP contribution in [-0.4, -0.2) is 120 Å². The second-order valence-electron chi connectivity index (χ2n) is 14.1. The van der Waals surface area contributed by atoms with Crippen LogP contribution in [0.4, 0.5) is 0 Å². The van der Waals surface area contributed by atoms with Crippen LogP contribution in [0.25, 0.3) is 0 Å². The van der Waals surface area contributed by atoms with Gasteiger partial charge in [-0.3, -0.25) is 0 Å². The summed E-state index contributed by atoms with van der Waals surface area (Å²) >= 11 is 0. The van der Waals surface area contributed by atoms with Gasteiger partial charge < -0.3 is 37.0 Å². The Balaban J connectivity index is 0.00000529. The summed E-state index contributed by atoms with van der Waals surface area (Å²) in [6.45, 7) is 12.1. The van der Waals surface area contributed by atoms with Crippen molar-refractivity contribution >= 4 is 39.5 Å². The molecule has 260 valence electrons. The maximum atomic E-state index is 6.94. The molecule has 0 amide bonds. The van der Waals surface area contributed by atoms with E-state index in [1.807, 2.05) is 0 Å². The predicted octanol–water partition coefficient (Wildman–Crippen LogP) is 2.79. The van der Waals surface area contributed by atoms with Gasteiger partial charge in [-0.1, -0.05) is 7.43 Å². The van der Waals surface area contributed by atoms with Gasteiger partial charge in [-0.05, 0) is 104 Å². The van der Waals surface area contributed by atoms with E-state index in [0.29, 0.717) is 26.4 Å². The third kappa shape index (κ3) is 11.0. The summed E-state index contributed by atoms with van der Waals surface area (Å²) < 4.78 is 52.5. The maximum absolute atomic E-state index is 6.94. The highest BCUT2D eigenvalue weighted by molar-refractivity contribution is 6.62. The number of ether oxygens (including phenoxy) is 5. The Morgan fingerprint density at radius 1 is 0.773 bits per heavy atom. The predicted molar refractivity (Wildman–Crippen MR) is 190 cm³/mol. The summed E-state index contributed by atoms with van der Waals surface area (Å²) in [5.41, 5.74) is 0.128. The third-order valence-electron chi connectivity index (χ3n) is 10.4. The van der Waals surface area contributed by atoms with Crippen molar-refractivity contribution in [1.29, 1.82) is 0 Å². The molecule has 0 aromatic heterocycles. The van der Waals surface area contributed by atoms with Crippen LogP contribution in [0.2, 0.25) is 5.54 Å². The van der Waals surface area contributed by atoms with Gasteiger partial charge in [-0.2, -0.15) is 0 Å². The van der Waals surface area contributed by atoms with Crippen LogP contribution >= 0.6 is 0 Å². The molecule has 0 aromatic rings. The molecule has 0 bridgehead atoms. The lowest BCUT2D eigenvalue weighted by Crippen LogP contribution is -2.57. The summed E-state index contributed by atoms with van der Waals surface area (Å²) in [6.07, 6.45) is 14.9. The Bertz CT molecular complexity index is 784. The summed E-state index contributed by atoms with van der Waals surface area (Å²) in [7, 11) is -0.0639. The Hall–Kier alpha value is 0.548. The Labute approximate surface area is 279 Å². The van der Waals surface area contributed by atoms with Gasteiger partial charge in [0.1, 0.15) is 6.10 Å². The van der Waals surface area contributed by atoms with E-state index in [9.17, 15) is 0 Å². The van der Waals surface area contributed by atoms with Crippen molar-refractivity contribution in [3.05, 3.63) is 0 Å². The highest BCUT2D eigenvalue weighted by Gasteiger charge is 2.55. The summed E-state index contributed by atoms with van der Waals surface area (Å²) in [5, 5.41) is -0.162. The van der Waals surface area contributed by atoms with Crippen LogP contribution < -0.4 is 0 Å². The number of hydrogen-bond donors (Lipinski definition) is 0. The molecule has 0 aromatic carbocycles. The smallest absolute Gasteiger partial charge is 0.380 e. The molecule has 44 heavy (non-hydrogen) atoms. The van der Waals surface area contributed by atoms with Gasteiger partial charge in [0.15, 0.2) is 0 Å². The lowest BCUT2D eigenvalue weighted by molar-refractivity contribution is -0.122. The van der Waals surface area contributed by atoms with E-state index in [4.69, 9.17) is 37.0 Å². The van der Waals surface area contributed by atoms with Gasteiger partial charge >= 0.3 is 8.80 Å². The maximum Gasteiger partial charge on any atom is 0.504 e. The first-order valence-corrected chi connectivity index (χ1v) is 22.6. The fourth-order valence-electron chi connectivity index (χ4n) is 7.89. The van der Waals surface area contributed by atoms with E-state index in [1.54, 1.807) is 0 Å². The third-order valence-corrected chi connectivity index (χ3v) is 18.0. The van der Waals surface area contributed by atoms with Gasteiger partial charge in [-0.15, -0.1) is 0 Å². The second kappa shape index (κ2) is 18.3. The lowest BCUT2D eigenvalue weighted by atomic mass is 9.82. The monoisotopic (exact) mass is 692 g/mol. The molecule has 4 fully saturated rings. The highest BCUT2D eigenvalue weighted by atomic mass is 28.4. The van der Waals surface area contributed by atoms with Crippen molar-refractivity contribution < 1.29 is 37.0 Å². The first-order valence-electron chi connectivity index (χ1n) is 17.8. The zero-order chi connectivity index (χ0) is 30.8. The van der Waals surface area contributed by atoms with E-state index in [1.165, 1.54) is 32.1 Å². The van der Waals surface area contributed by atoms with Crippen LogP contribution in [0.15, 0.2) is 0 Å². The van der Waals surface area contributed by atoms with E-state index < -0.39 is 8.80 Å². The molecule has 0 aliphatic carbocycles. The minimum Gasteiger partial charge on any atom is -0.380 e. The fourth-order valence-corrected chi connectivity index (χ4v) is 14.7. The minimum atomic E-state index is -3.06. The zero-order valence-electron chi connectivity index (χ0n) is 28.4. The van der Waals surface area contributed by atoms with Crippen LogP contribution in [0, 0.1) is 5.92 Å². The Morgan fingerprint density at radius 3 is 1.80 bits per heavy atom. The van der Waals surface area contributed by atoms with Crippen molar-refractivity contribution in [2.24, 2.45) is 5.92 Å². The molecule has 0 N–H and O–H groups in total. The highest BCUT2D eigenvalue weighted by Crippen LogP contribution is 2.47. The lowest BCUT2D eigenvalue weighted by Gasteiger charge is -2.49. The fraction of sp³-hybridized carbons (Fsp3) is 1.00. The van der Waals surface area contributed by atoms with Crippen molar-refractivity contribution in [1.82, 2.24) is 0 Å². The first-order chi connectivity index (χ1) is 20.7. The first kappa shape index (κ1) is 39.0. The SMILES string of the molecule is C.CCO[Si](OCC)(OCC)C(CC(C(CCC1([SiH3])CCCCO1)OCC1CO1)C1([SiH3])CCCCO1)CC1([SiH3])CCCCO1. The van der Waals surface area contributed by atoms with Crippen molar-refractivity contribution in [3.8, 4) is 0 Å². The molecule has 4 aliphatic heterocycles. The molecule has 12 heteroatoms. The van der Waals surface area contributed by atoms with Gasteiger partial charge in [0, 0.05) is 92.3 Å². The number of hydrogen-bond acceptors (Lipinski definition) is 8. The molecule has 4 heterocycles. The van der Waals surface area contributed by atoms with Gasteiger partial charge in [0.2, 0.25) is 0 Å². The van der Waals surface area contributed by atoms with Crippen LogP contribution in [0.1, 0.15) is 112 Å². The average Bonchev–Trinajstić information content (AvgIpc) is 3.82. The molecule has 4 aliphatic rings. The molecule has 8 nitrogen and oxygen atoms in total. The number of epoxide rings is 1. The second-order valence-corrected chi connectivity index (χ2v) is 22.4. The van der Waals surface area contributed by atoms with E-state index >= 15 is 0 Å². The Morgan fingerprint density at radius 2 is 1.32 bits per heavy atom. The van der Waals surface area contributed by atoms with E-state index in [-0.39, 0.29) is 46.8 Å². The van der Waals surface area contributed by atoms with Gasteiger partial charge in [-0.25, -0.2) is 0 Å². The van der Waals surface area contributed by atoms with E-state index in [2.05, 4.69) is 20.8 Å². The van der Waals surface area contributed by atoms with Gasteiger partial charge in [0.05, 0.1) is 24.5 Å². The molecule has 0 saturated carbocycles. The van der Waals surface area contributed by atoms with Crippen molar-refractivity contribution in [2.75, 3.05) is 52.9 Å². The minimum absolute atomic E-state index is 0. The molecule has 4 saturated heterocycles. The van der Waals surface area contributed by atoms with Crippen LogP contribution in [0.3, 0.4) is 0 Å². The quantitative estimate of drug-likeness (QED) is 0.151.